The molecule has 2 N–H and O–H groups in total. The molecule has 0 atom stereocenters. The molecule has 0 unspecified atom stereocenters. The minimum Gasteiger partial charge on any atom is -0.345 e. The van der Waals surface area contributed by atoms with Crippen molar-refractivity contribution in [3.63, 3.8) is 0 Å². The summed E-state index contributed by atoms with van der Waals surface area (Å²) < 4.78 is 0. The summed E-state index contributed by atoms with van der Waals surface area (Å²) >= 11 is 0. The van der Waals surface area contributed by atoms with Gasteiger partial charge in [-0.05, 0) is 50.3 Å². The fourth-order valence-electron chi connectivity index (χ4n) is 4.50. The molecule has 29 heavy (non-hydrogen) atoms. The molecule has 1 aromatic rings. The van der Waals surface area contributed by atoms with Crippen LogP contribution in [-0.2, 0) is 14.4 Å². The van der Waals surface area contributed by atoms with E-state index >= 15 is 0 Å². The first-order valence-corrected chi connectivity index (χ1v) is 11.0. The Labute approximate surface area is 173 Å². The second-order valence-electron chi connectivity index (χ2n) is 8.43. The summed E-state index contributed by atoms with van der Waals surface area (Å²) in [6, 6.07) is 7.69. The van der Waals surface area contributed by atoms with E-state index in [0.29, 0.717) is 5.69 Å². The average Bonchev–Trinajstić information content (AvgIpc) is 3.25. The van der Waals surface area contributed by atoms with Crippen molar-refractivity contribution < 1.29 is 14.4 Å². The number of carbonyl (C=O) groups excluding carboxylic acids is 3. The van der Waals surface area contributed by atoms with E-state index in [0.717, 1.165) is 56.9 Å². The maximum atomic E-state index is 13.1. The van der Waals surface area contributed by atoms with E-state index < -0.39 is 0 Å². The zero-order chi connectivity index (χ0) is 20.6. The van der Waals surface area contributed by atoms with Gasteiger partial charge in [-0.15, -0.1) is 0 Å². The highest BCUT2D eigenvalue weighted by Crippen LogP contribution is 2.30. The number of amides is 3. The van der Waals surface area contributed by atoms with Gasteiger partial charge < -0.3 is 15.5 Å². The second kappa shape index (κ2) is 10.4. The number of aryl methyl sites for hydroxylation is 1. The van der Waals surface area contributed by atoms with Gasteiger partial charge >= 0.3 is 0 Å². The molecule has 3 amide bonds. The summed E-state index contributed by atoms with van der Waals surface area (Å²) in [5.41, 5.74) is 1.77. The Morgan fingerprint density at radius 2 is 1.66 bits per heavy atom. The van der Waals surface area contributed by atoms with Gasteiger partial charge in [-0.2, -0.15) is 0 Å². The second-order valence-corrected chi connectivity index (χ2v) is 8.43. The molecule has 0 bridgehead atoms. The van der Waals surface area contributed by atoms with Gasteiger partial charge in [-0.3, -0.25) is 14.4 Å². The van der Waals surface area contributed by atoms with Gasteiger partial charge in [0, 0.05) is 17.6 Å². The summed E-state index contributed by atoms with van der Waals surface area (Å²) in [7, 11) is 0. The van der Waals surface area contributed by atoms with E-state index in [1.807, 2.05) is 36.1 Å². The van der Waals surface area contributed by atoms with Crippen molar-refractivity contribution in [1.82, 2.24) is 10.2 Å². The average molecular weight is 400 g/mol. The molecule has 2 fully saturated rings. The molecule has 6 heteroatoms. The molecule has 6 nitrogen and oxygen atoms in total. The first-order valence-electron chi connectivity index (χ1n) is 11.0. The Kier molecular flexibility index (Phi) is 7.67. The van der Waals surface area contributed by atoms with E-state index in [-0.39, 0.29) is 42.8 Å². The van der Waals surface area contributed by atoms with E-state index in [1.165, 1.54) is 6.42 Å². The molecule has 0 aromatic heterocycles. The quantitative estimate of drug-likeness (QED) is 0.738. The van der Waals surface area contributed by atoms with Crippen LogP contribution in [0.4, 0.5) is 5.69 Å². The Morgan fingerprint density at radius 3 is 2.34 bits per heavy atom. The molecule has 3 rings (SSSR count). The number of hydrogen-bond acceptors (Lipinski definition) is 3. The predicted octanol–water partition coefficient (Wildman–Crippen LogP) is 3.40. The Balaban J connectivity index is 1.53. The lowest BCUT2D eigenvalue weighted by molar-refractivity contribution is -0.142. The van der Waals surface area contributed by atoms with Crippen LogP contribution >= 0.6 is 0 Å². The highest BCUT2D eigenvalue weighted by molar-refractivity contribution is 5.95. The highest BCUT2D eigenvalue weighted by Gasteiger charge is 2.33. The van der Waals surface area contributed by atoms with Gasteiger partial charge in [0.05, 0.1) is 13.1 Å². The minimum absolute atomic E-state index is 0.0533. The standard InChI is InChI=1S/C23H33N3O3/c1-17-8-7-11-19(14-17)25-21(27)15-24-22(28)16-26(20-12-3-2-4-13-20)23(29)18-9-5-6-10-18/h7-8,11,14,18,20H,2-6,9-10,12-13,15-16H2,1H3,(H,24,28)(H,25,27). The van der Waals surface area contributed by atoms with Crippen molar-refractivity contribution in [2.24, 2.45) is 5.92 Å². The largest absolute Gasteiger partial charge is 0.345 e. The maximum absolute atomic E-state index is 13.1. The molecular weight excluding hydrogens is 366 g/mol. The van der Waals surface area contributed by atoms with Crippen LogP contribution in [0.15, 0.2) is 24.3 Å². The summed E-state index contributed by atoms with van der Waals surface area (Å²) in [6.45, 7) is 1.92. The number of carbonyl (C=O) groups is 3. The van der Waals surface area contributed by atoms with Gasteiger partial charge in [0.2, 0.25) is 17.7 Å². The highest BCUT2D eigenvalue weighted by atomic mass is 16.2. The fraction of sp³-hybridized carbons (Fsp3) is 0.609. The van der Waals surface area contributed by atoms with E-state index in [4.69, 9.17) is 0 Å². The molecule has 0 aliphatic heterocycles. The monoisotopic (exact) mass is 399 g/mol. The molecule has 0 saturated heterocycles. The number of hydrogen-bond donors (Lipinski definition) is 2. The van der Waals surface area contributed by atoms with Crippen molar-refractivity contribution in [2.75, 3.05) is 18.4 Å². The van der Waals surface area contributed by atoms with Gasteiger partial charge in [-0.1, -0.05) is 44.2 Å². The van der Waals surface area contributed by atoms with Crippen LogP contribution in [0.2, 0.25) is 0 Å². The van der Waals surface area contributed by atoms with E-state index in [1.54, 1.807) is 0 Å². The number of nitrogens with one attached hydrogen (secondary N) is 2. The summed E-state index contributed by atoms with van der Waals surface area (Å²) in [4.78, 5) is 39.6. The normalized spacial score (nSPS) is 17.7. The fourth-order valence-corrected chi connectivity index (χ4v) is 4.50. The third kappa shape index (κ3) is 6.31. The minimum atomic E-state index is -0.268. The summed E-state index contributed by atoms with van der Waals surface area (Å²) in [6.07, 6.45) is 9.43. The van der Waals surface area contributed by atoms with Gasteiger partial charge in [-0.25, -0.2) is 0 Å². The third-order valence-corrected chi connectivity index (χ3v) is 6.06. The van der Waals surface area contributed by atoms with Crippen LogP contribution in [0.25, 0.3) is 0 Å². The first-order chi connectivity index (χ1) is 14.0. The lowest BCUT2D eigenvalue weighted by atomic mass is 9.93. The summed E-state index contributed by atoms with van der Waals surface area (Å²) in [5.74, 6) is -0.334. The molecule has 2 aliphatic rings. The predicted molar refractivity (Wildman–Crippen MR) is 113 cm³/mol. The smallest absolute Gasteiger partial charge is 0.243 e. The van der Waals surface area contributed by atoms with Crippen LogP contribution in [0.3, 0.4) is 0 Å². The van der Waals surface area contributed by atoms with Crippen LogP contribution in [0.1, 0.15) is 63.4 Å². The van der Waals surface area contributed by atoms with Crippen molar-refractivity contribution >= 4 is 23.4 Å². The zero-order valence-corrected chi connectivity index (χ0v) is 17.4. The van der Waals surface area contributed by atoms with Crippen LogP contribution in [0.5, 0.6) is 0 Å². The summed E-state index contributed by atoms with van der Waals surface area (Å²) in [5, 5.41) is 5.48. The Morgan fingerprint density at radius 1 is 0.966 bits per heavy atom. The first kappa shape index (κ1) is 21.3. The zero-order valence-electron chi connectivity index (χ0n) is 17.4. The Hall–Kier alpha value is -2.37. The molecule has 2 aliphatic carbocycles. The lowest BCUT2D eigenvalue weighted by Crippen LogP contribution is -2.49. The number of nitrogens with zero attached hydrogens (tertiary/aromatic N) is 1. The number of benzene rings is 1. The molecule has 0 radical (unpaired) electrons. The van der Waals surface area contributed by atoms with Crippen LogP contribution < -0.4 is 10.6 Å². The molecule has 0 heterocycles. The molecule has 158 valence electrons. The van der Waals surface area contributed by atoms with E-state index in [2.05, 4.69) is 10.6 Å². The van der Waals surface area contributed by atoms with Gasteiger partial charge in [0.15, 0.2) is 0 Å². The van der Waals surface area contributed by atoms with Crippen molar-refractivity contribution in [3.05, 3.63) is 29.8 Å². The van der Waals surface area contributed by atoms with Crippen LogP contribution in [0, 0.1) is 12.8 Å². The SMILES string of the molecule is Cc1cccc(NC(=O)CNC(=O)CN(C(=O)C2CCCC2)C2CCCCC2)c1. The lowest BCUT2D eigenvalue weighted by Gasteiger charge is -2.35. The van der Waals surface area contributed by atoms with Crippen LogP contribution in [-0.4, -0.2) is 41.8 Å². The maximum Gasteiger partial charge on any atom is 0.243 e. The van der Waals surface area contributed by atoms with Crippen molar-refractivity contribution in [1.29, 1.82) is 0 Å². The molecular formula is C23H33N3O3. The van der Waals surface area contributed by atoms with E-state index in [9.17, 15) is 14.4 Å². The topological polar surface area (TPSA) is 78.5 Å². The van der Waals surface area contributed by atoms with Gasteiger partial charge in [0.25, 0.3) is 0 Å². The molecule has 2 saturated carbocycles. The molecule has 1 aromatic carbocycles. The third-order valence-electron chi connectivity index (χ3n) is 6.06. The number of rotatable bonds is 7. The van der Waals surface area contributed by atoms with Gasteiger partial charge in [0.1, 0.15) is 0 Å². The number of anilines is 1. The molecule has 0 spiro atoms. The Bertz CT molecular complexity index is 722. The van der Waals surface area contributed by atoms with Crippen molar-refractivity contribution in [3.8, 4) is 0 Å². The van der Waals surface area contributed by atoms with Crippen molar-refractivity contribution in [2.45, 2.75) is 70.8 Å².